The van der Waals surface area contributed by atoms with Gasteiger partial charge in [-0.15, -0.1) is 0 Å². The van der Waals surface area contributed by atoms with Crippen molar-refractivity contribution in [1.82, 2.24) is 10.2 Å². The standard InChI is InChI=1S/C23H31N3O5S/c1-16-11-17(2)13-20(12-16)26(32(6,29)30)15-22(27)25(18(3)23(28)24-4)14-19-7-9-21(31-5)10-8-19/h7-13,18H,14-15H2,1-6H3,(H,24,28). The first-order valence-corrected chi connectivity index (χ1v) is 12.0. The Morgan fingerprint density at radius 1 is 1.06 bits per heavy atom. The topological polar surface area (TPSA) is 96.0 Å². The quantitative estimate of drug-likeness (QED) is 0.618. The van der Waals surface area contributed by atoms with Gasteiger partial charge in [-0.05, 0) is 61.7 Å². The molecule has 32 heavy (non-hydrogen) atoms. The Morgan fingerprint density at radius 3 is 2.09 bits per heavy atom. The molecule has 2 aromatic carbocycles. The summed E-state index contributed by atoms with van der Waals surface area (Å²) in [5, 5.41) is 2.55. The number of benzene rings is 2. The molecule has 0 aliphatic heterocycles. The maximum absolute atomic E-state index is 13.3. The van der Waals surface area contributed by atoms with E-state index in [4.69, 9.17) is 4.74 Å². The average molecular weight is 462 g/mol. The van der Waals surface area contributed by atoms with E-state index in [2.05, 4.69) is 5.32 Å². The van der Waals surface area contributed by atoms with Crippen molar-refractivity contribution in [3.8, 4) is 5.75 Å². The van der Waals surface area contributed by atoms with Crippen LogP contribution in [-0.2, 0) is 26.2 Å². The van der Waals surface area contributed by atoms with Crippen LogP contribution in [0.5, 0.6) is 5.75 Å². The van der Waals surface area contributed by atoms with Crippen molar-refractivity contribution in [2.45, 2.75) is 33.4 Å². The minimum absolute atomic E-state index is 0.141. The smallest absolute Gasteiger partial charge is 0.244 e. The molecule has 0 saturated carbocycles. The second-order valence-corrected chi connectivity index (χ2v) is 9.68. The Bertz CT molecular complexity index is 1050. The van der Waals surface area contributed by atoms with Crippen LogP contribution in [-0.4, -0.2) is 58.1 Å². The molecular formula is C23H31N3O5S. The summed E-state index contributed by atoms with van der Waals surface area (Å²) in [6.07, 6.45) is 1.06. The van der Waals surface area contributed by atoms with Gasteiger partial charge in [0.05, 0.1) is 19.1 Å². The maximum Gasteiger partial charge on any atom is 0.244 e. The minimum Gasteiger partial charge on any atom is -0.497 e. The molecule has 0 aliphatic rings. The number of hydrogen-bond donors (Lipinski definition) is 1. The summed E-state index contributed by atoms with van der Waals surface area (Å²) in [5.41, 5.74) is 2.97. The lowest BCUT2D eigenvalue weighted by Crippen LogP contribution is -2.50. The molecule has 2 amide bonds. The van der Waals surface area contributed by atoms with Gasteiger partial charge in [-0.2, -0.15) is 0 Å². The molecule has 0 bridgehead atoms. The summed E-state index contributed by atoms with van der Waals surface area (Å²) in [7, 11) is -0.691. The van der Waals surface area contributed by atoms with E-state index >= 15 is 0 Å². The molecule has 2 rings (SSSR count). The summed E-state index contributed by atoms with van der Waals surface area (Å²) in [4.78, 5) is 27.1. The second kappa shape index (κ2) is 10.5. The summed E-state index contributed by atoms with van der Waals surface area (Å²) < 4.78 is 31.4. The number of methoxy groups -OCH3 is 1. The predicted molar refractivity (Wildman–Crippen MR) is 125 cm³/mol. The number of aryl methyl sites for hydroxylation is 2. The van der Waals surface area contributed by atoms with Crippen LogP contribution in [0.1, 0.15) is 23.6 Å². The number of likely N-dealkylation sites (N-methyl/N-ethyl adjacent to an activating group) is 1. The Balaban J connectivity index is 2.39. The van der Waals surface area contributed by atoms with E-state index in [9.17, 15) is 18.0 Å². The molecule has 2 aromatic rings. The van der Waals surface area contributed by atoms with Crippen LogP contribution < -0.4 is 14.4 Å². The van der Waals surface area contributed by atoms with Gasteiger partial charge < -0.3 is 15.0 Å². The van der Waals surface area contributed by atoms with Crippen LogP contribution in [0, 0.1) is 13.8 Å². The SMILES string of the molecule is CNC(=O)C(C)N(Cc1ccc(OC)cc1)C(=O)CN(c1cc(C)cc(C)c1)S(C)(=O)=O. The zero-order valence-corrected chi connectivity index (χ0v) is 20.2. The van der Waals surface area contributed by atoms with Gasteiger partial charge in [-0.1, -0.05) is 18.2 Å². The molecule has 0 aromatic heterocycles. The number of rotatable bonds is 9. The number of sulfonamides is 1. The first kappa shape index (κ1) is 25.2. The molecule has 8 nitrogen and oxygen atoms in total. The molecule has 9 heteroatoms. The van der Waals surface area contributed by atoms with Crippen molar-refractivity contribution in [1.29, 1.82) is 0 Å². The van der Waals surface area contributed by atoms with E-state index in [0.717, 1.165) is 27.3 Å². The van der Waals surface area contributed by atoms with Gasteiger partial charge in [0, 0.05) is 13.6 Å². The first-order chi connectivity index (χ1) is 15.0. The van der Waals surface area contributed by atoms with E-state index in [1.807, 2.05) is 19.9 Å². The van der Waals surface area contributed by atoms with Gasteiger partial charge in [0.15, 0.2) is 0 Å². The van der Waals surface area contributed by atoms with Crippen LogP contribution in [0.25, 0.3) is 0 Å². The number of ether oxygens (including phenoxy) is 1. The van der Waals surface area contributed by atoms with Gasteiger partial charge in [0.1, 0.15) is 18.3 Å². The van der Waals surface area contributed by atoms with Crippen molar-refractivity contribution >= 4 is 27.5 Å². The number of carbonyl (C=O) groups is 2. The predicted octanol–water partition coefficient (Wildman–Crippen LogP) is 2.24. The fraction of sp³-hybridized carbons (Fsp3) is 0.391. The van der Waals surface area contributed by atoms with Crippen molar-refractivity contribution in [3.05, 3.63) is 59.2 Å². The molecule has 1 N–H and O–H groups in total. The molecule has 0 heterocycles. The van der Waals surface area contributed by atoms with Crippen molar-refractivity contribution in [2.24, 2.45) is 0 Å². The number of amides is 2. The number of anilines is 1. The summed E-state index contributed by atoms with van der Waals surface area (Å²) in [6, 6.07) is 11.7. The van der Waals surface area contributed by atoms with Gasteiger partial charge in [0.25, 0.3) is 0 Å². The van der Waals surface area contributed by atoms with Crippen LogP contribution in [0.15, 0.2) is 42.5 Å². The highest BCUT2D eigenvalue weighted by atomic mass is 32.2. The van der Waals surface area contributed by atoms with Crippen molar-refractivity contribution in [2.75, 3.05) is 31.3 Å². The van der Waals surface area contributed by atoms with Crippen molar-refractivity contribution in [3.63, 3.8) is 0 Å². The molecule has 0 saturated heterocycles. The maximum atomic E-state index is 13.3. The Kier molecular flexibility index (Phi) is 8.26. The summed E-state index contributed by atoms with van der Waals surface area (Å²) in [5.74, 6) is -0.158. The Labute approximate surface area is 190 Å². The molecule has 0 aliphatic carbocycles. The molecular weight excluding hydrogens is 430 g/mol. The minimum atomic E-state index is -3.74. The van der Waals surface area contributed by atoms with E-state index in [1.165, 1.54) is 11.9 Å². The highest BCUT2D eigenvalue weighted by Gasteiger charge is 2.29. The lowest BCUT2D eigenvalue weighted by molar-refractivity contribution is -0.139. The van der Waals surface area contributed by atoms with Crippen LogP contribution >= 0.6 is 0 Å². The number of hydrogen-bond acceptors (Lipinski definition) is 5. The zero-order valence-electron chi connectivity index (χ0n) is 19.4. The Morgan fingerprint density at radius 2 is 1.62 bits per heavy atom. The van der Waals surface area contributed by atoms with Crippen LogP contribution in [0.2, 0.25) is 0 Å². The number of carbonyl (C=O) groups excluding carboxylic acids is 2. The monoisotopic (exact) mass is 461 g/mol. The lowest BCUT2D eigenvalue weighted by atomic mass is 10.1. The van der Waals surface area contributed by atoms with Gasteiger partial charge in [-0.25, -0.2) is 8.42 Å². The van der Waals surface area contributed by atoms with Gasteiger partial charge >= 0.3 is 0 Å². The summed E-state index contributed by atoms with van der Waals surface area (Å²) in [6.45, 7) is 5.06. The summed E-state index contributed by atoms with van der Waals surface area (Å²) >= 11 is 0. The first-order valence-electron chi connectivity index (χ1n) is 10.2. The van der Waals surface area contributed by atoms with Gasteiger partial charge in [-0.3, -0.25) is 13.9 Å². The largest absolute Gasteiger partial charge is 0.497 e. The zero-order chi connectivity index (χ0) is 24.1. The molecule has 1 unspecified atom stereocenters. The third-order valence-corrected chi connectivity index (χ3v) is 6.24. The van der Waals surface area contributed by atoms with Gasteiger partial charge in [0.2, 0.25) is 21.8 Å². The highest BCUT2D eigenvalue weighted by molar-refractivity contribution is 7.92. The molecule has 0 fully saturated rings. The second-order valence-electron chi connectivity index (χ2n) is 7.78. The molecule has 0 spiro atoms. The number of nitrogens with zero attached hydrogens (tertiary/aromatic N) is 2. The normalized spacial score (nSPS) is 12.1. The third kappa shape index (κ3) is 6.46. The molecule has 0 radical (unpaired) electrons. The fourth-order valence-electron chi connectivity index (χ4n) is 3.43. The van der Waals surface area contributed by atoms with E-state index < -0.39 is 28.5 Å². The van der Waals surface area contributed by atoms with Crippen molar-refractivity contribution < 1.29 is 22.7 Å². The van der Waals surface area contributed by atoms with E-state index in [-0.39, 0.29) is 12.5 Å². The lowest BCUT2D eigenvalue weighted by Gasteiger charge is -2.31. The van der Waals surface area contributed by atoms with Crippen LogP contribution in [0.3, 0.4) is 0 Å². The molecule has 174 valence electrons. The van der Waals surface area contributed by atoms with Crippen LogP contribution in [0.4, 0.5) is 5.69 Å². The average Bonchev–Trinajstić information content (AvgIpc) is 2.73. The van der Waals surface area contributed by atoms with E-state index in [0.29, 0.717) is 11.4 Å². The number of nitrogens with one attached hydrogen (secondary N) is 1. The Hall–Kier alpha value is -3.07. The third-order valence-electron chi connectivity index (χ3n) is 5.10. The molecule has 1 atom stereocenters. The highest BCUT2D eigenvalue weighted by Crippen LogP contribution is 2.22. The van der Waals surface area contributed by atoms with E-state index in [1.54, 1.807) is 50.4 Å². The fourth-order valence-corrected chi connectivity index (χ4v) is 4.26.